The van der Waals surface area contributed by atoms with E-state index in [0.29, 0.717) is 41.0 Å². The van der Waals surface area contributed by atoms with Crippen LogP contribution in [0, 0.1) is 50.7 Å². The van der Waals surface area contributed by atoms with Gasteiger partial charge in [0.15, 0.2) is 0 Å². The maximum atomic E-state index is 12.9. The second-order valence-electron chi connectivity index (χ2n) is 16.9. The molecule has 1 heterocycles. The van der Waals surface area contributed by atoms with Crippen LogP contribution in [0.5, 0.6) is 0 Å². The number of hydrogen-bond acceptors (Lipinski definition) is 4. The van der Waals surface area contributed by atoms with Crippen LogP contribution in [-0.2, 0) is 9.53 Å². The Morgan fingerprint density at radius 1 is 1.00 bits per heavy atom. The molecule has 42 heavy (non-hydrogen) atoms. The number of ether oxygens (including phenoxy) is 1. The number of hydrogen-bond donors (Lipinski definition) is 2. The minimum absolute atomic E-state index is 0.0224. The number of amides is 1. The van der Waals surface area contributed by atoms with Gasteiger partial charge in [-0.2, -0.15) is 0 Å². The summed E-state index contributed by atoms with van der Waals surface area (Å²) in [5, 5.41) is 23.5. The van der Waals surface area contributed by atoms with Crippen molar-refractivity contribution in [2.75, 3.05) is 6.54 Å². The maximum absolute atomic E-state index is 12.9. The van der Waals surface area contributed by atoms with E-state index >= 15 is 0 Å². The number of fused-ring (bicyclic) bond motifs is 4. The fraction of sp³-hybridized carbons (Fsp3) is 0.811. The highest BCUT2D eigenvalue weighted by atomic mass is 16.5. The van der Waals surface area contributed by atoms with Gasteiger partial charge in [0, 0.05) is 18.9 Å². The first-order chi connectivity index (χ1) is 19.7. The minimum Gasteiger partial charge on any atom is -0.393 e. The highest BCUT2D eigenvalue weighted by Gasteiger charge is 2.84. The summed E-state index contributed by atoms with van der Waals surface area (Å²) in [5.74, 6) is 1.93. The monoisotopic (exact) mass is 577 g/mol. The highest BCUT2D eigenvalue weighted by molar-refractivity contribution is 5.73. The normalized spacial score (nSPS) is 50.8. The van der Waals surface area contributed by atoms with E-state index in [-0.39, 0.29) is 46.5 Å². The van der Waals surface area contributed by atoms with E-state index in [2.05, 4.69) is 53.7 Å². The van der Waals surface area contributed by atoms with Crippen LogP contribution in [0.4, 0.5) is 0 Å². The number of carbonyl (C=O) groups is 1. The quantitative estimate of drug-likeness (QED) is 0.414. The summed E-state index contributed by atoms with van der Waals surface area (Å²) in [4.78, 5) is 14.9. The Morgan fingerprint density at radius 3 is 2.36 bits per heavy atom. The lowest BCUT2D eigenvalue weighted by molar-refractivity contribution is -0.182. The molecule has 7 rings (SSSR count). The van der Waals surface area contributed by atoms with Crippen molar-refractivity contribution >= 4 is 5.91 Å². The van der Waals surface area contributed by atoms with Crippen molar-refractivity contribution in [2.45, 2.75) is 130 Å². The Morgan fingerprint density at radius 2 is 1.67 bits per heavy atom. The Labute approximate surface area is 253 Å². The van der Waals surface area contributed by atoms with E-state index in [0.717, 1.165) is 31.2 Å². The summed E-state index contributed by atoms with van der Waals surface area (Å²) >= 11 is 0. The molecule has 0 radical (unpaired) electrons. The molecule has 6 fully saturated rings. The molecule has 5 heteroatoms. The fourth-order valence-corrected chi connectivity index (χ4v) is 13.2. The molecule has 1 aromatic rings. The predicted molar refractivity (Wildman–Crippen MR) is 164 cm³/mol. The molecule has 0 aromatic heterocycles. The van der Waals surface area contributed by atoms with Crippen LogP contribution < -0.4 is 0 Å². The number of aliphatic hydroxyl groups excluding tert-OH is 2. The van der Waals surface area contributed by atoms with Crippen molar-refractivity contribution in [3.63, 3.8) is 0 Å². The first-order valence-electron chi connectivity index (χ1n) is 17.1. The predicted octanol–water partition coefficient (Wildman–Crippen LogP) is 6.77. The van der Waals surface area contributed by atoms with Gasteiger partial charge < -0.3 is 19.8 Å². The molecule has 2 N–H and O–H groups in total. The molecule has 13 unspecified atom stereocenters. The molecule has 6 aliphatic rings. The molecular weight excluding hydrogens is 522 g/mol. The van der Waals surface area contributed by atoms with Crippen LogP contribution >= 0.6 is 0 Å². The van der Waals surface area contributed by atoms with Gasteiger partial charge in [-0.1, -0.05) is 65.0 Å². The third kappa shape index (κ3) is 3.51. The molecule has 5 aliphatic carbocycles. The molecule has 13 atom stereocenters. The molecule has 0 bridgehead atoms. The number of nitrogens with zero attached hydrogens (tertiary/aromatic N) is 1. The van der Waals surface area contributed by atoms with Crippen LogP contribution in [0.25, 0.3) is 0 Å². The summed E-state index contributed by atoms with van der Waals surface area (Å²) in [6, 6.07) is 10.3. The first kappa shape index (κ1) is 29.3. The Balaban J connectivity index is 1.16. The molecule has 2 spiro atoms. The largest absolute Gasteiger partial charge is 0.393 e. The standard InChI is InChI=1S/C37H55NO4/c1-22-19-26(20-38(24(3)39)23(2)25-11-9-8-10-12-25)42-31-30(22)34(6)17-18-37-21-36(37)16-15-29(40)33(4,5)27(36)13-14-28(37)35(34,7)32(31)41/h8-12,22-23,26-32,40-41H,13-21H2,1-7H3. The van der Waals surface area contributed by atoms with Crippen molar-refractivity contribution < 1.29 is 19.7 Å². The van der Waals surface area contributed by atoms with Gasteiger partial charge in [0.1, 0.15) is 0 Å². The van der Waals surface area contributed by atoms with Crippen LogP contribution in [0.2, 0.25) is 0 Å². The molecular formula is C37H55NO4. The lowest BCUT2D eigenvalue weighted by atomic mass is 9.41. The summed E-state index contributed by atoms with van der Waals surface area (Å²) in [6.45, 7) is 16.3. The van der Waals surface area contributed by atoms with Gasteiger partial charge in [0.2, 0.25) is 5.91 Å². The van der Waals surface area contributed by atoms with Crippen molar-refractivity contribution in [1.82, 2.24) is 4.90 Å². The van der Waals surface area contributed by atoms with Crippen LogP contribution in [0.3, 0.4) is 0 Å². The summed E-state index contributed by atoms with van der Waals surface area (Å²) in [5.41, 5.74) is 1.63. The van der Waals surface area contributed by atoms with Gasteiger partial charge in [-0.25, -0.2) is 0 Å². The summed E-state index contributed by atoms with van der Waals surface area (Å²) in [6.07, 6.45) is 8.14. The average Bonchev–Trinajstić information content (AvgIpc) is 3.59. The average molecular weight is 578 g/mol. The zero-order valence-electron chi connectivity index (χ0n) is 27.1. The molecule has 5 nitrogen and oxygen atoms in total. The van der Waals surface area contributed by atoms with Gasteiger partial charge in [-0.3, -0.25) is 4.79 Å². The van der Waals surface area contributed by atoms with Crippen molar-refractivity contribution in [2.24, 2.45) is 50.7 Å². The lowest BCUT2D eigenvalue weighted by Crippen LogP contribution is -2.59. The topological polar surface area (TPSA) is 70.0 Å². The Hall–Kier alpha value is -1.43. The molecule has 1 aliphatic heterocycles. The van der Waals surface area contributed by atoms with Crippen molar-refractivity contribution in [1.29, 1.82) is 0 Å². The molecule has 232 valence electrons. The van der Waals surface area contributed by atoms with E-state index in [1.165, 1.54) is 25.7 Å². The van der Waals surface area contributed by atoms with Crippen LogP contribution in [0.1, 0.15) is 111 Å². The number of aliphatic hydroxyl groups is 2. The third-order valence-electron chi connectivity index (χ3n) is 15.4. The molecule has 1 saturated heterocycles. The number of rotatable bonds is 4. The Bertz CT molecular complexity index is 1230. The van der Waals surface area contributed by atoms with Crippen molar-refractivity contribution in [3.8, 4) is 0 Å². The van der Waals surface area contributed by atoms with Gasteiger partial charge in [0.25, 0.3) is 0 Å². The SMILES string of the molecule is CC(=O)N(CC1CC(C)C2C(O1)C(O)C1(C)C3CCC4C(C)(C)C(O)CCC45CC35CCC21C)C(C)c1ccccc1. The lowest BCUT2D eigenvalue weighted by Gasteiger charge is -2.63. The van der Waals surface area contributed by atoms with E-state index in [1.807, 2.05) is 23.1 Å². The van der Waals surface area contributed by atoms with E-state index in [4.69, 9.17) is 4.74 Å². The third-order valence-corrected chi connectivity index (χ3v) is 15.4. The Kier molecular flexibility index (Phi) is 6.48. The number of benzene rings is 1. The first-order valence-corrected chi connectivity index (χ1v) is 17.1. The van der Waals surface area contributed by atoms with Gasteiger partial charge in [0.05, 0.1) is 30.5 Å². The maximum Gasteiger partial charge on any atom is 0.220 e. The van der Waals surface area contributed by atoms with Gasteiger partial charge >= 0.3 is 0 Å². The second kappa shape index (κ2) is 9.30. The molecule has 1 amide bonds. The summed E-state index contributed by atoms with van der Waals surface area (Å²) < 4.78 is 6.98. The van der Waals surface area contributed by atoms with Gasteiger partial charge in [-0.05, 0) is 109 Å². The summed E-state index contributed by atoms with van der Waals surface area (Å²) in [7, 11) is 0. The van der Waals surface area contributed by atoms with E-state index < -0.39 is 6.10 Å². The molecule has 1 aromatic carbocycles. The number of carbonyl (C=O) groups excluding carboxylic acids is 1. The van der Waals surface area contributed by atoms with E-state index in [1.54, 1.807) is 6.92 Å². The van der Waals surface area contributed by atoms with Crippen LogP contribution in [-0.4, -0.2) is 52.0 Å². The second-order valence-corrected chi connectivity index (χ2v) is 16.9. The molecule has 5 saturated carbocycles. The van der Waals surface area contributed by atoms with E-state index in [9.17, 15) is 15.0 Å². The van der Waals surface area contributed by atoms with Crippen molar-refractivity contribution in [3.05, 3.63) is 35.9 Å². The zero-order chi connectivity index (χ0) is 30.0. The smallest absolute Gasteiger partial charge is 0.220 e. The van der Waals surface area contributed by atoms with Crippen LogP contribution in [0.15, 0.2) is 30.3 Å². The zero-order valence-corrected chi connectivity index (χ0v) is 27.1. The fourth-order valence-electron chi connectivity index (χ4n) is 13.2. The van der Waals surface area contributed by atoms with Gasteiger partial charge in [-0.15, -0.1) is 0 Å². The highest BCUT2D eigenvalue weighted by Crippen LogP contribution is 2.89. The minimum atomic E-state index is -0.492.